The van der Waals surface area contributed by atoms with E-state index in [1.807, 2.05) is 47.3 Å². The molecule has 0 aliphatic heterocycles. The van der Waals surface area contributed by atoms with Gasteiger partial charge in [0.15, 0.2) is 0 Å². The maximum atomic E-state index is 12.2. The lowest BCUT2D eigenvalue weighted by atomic mass is 10.0. The minimum absolute atomic E-state index is 0.135. The number of carbonyl (C=O) groups excluding carboxylic acids is 1. The second-order valence-corrected chi connectivity index (χ2v) is 5.75. The van der Waals surface area contributed by atoms with Crippen LogP contribution < -0.4 is 5.32 Å². The van der Waals surface area contributed by atoms with Gasteiger partial charge in [0.05, 0.1) is 5.60 Å². The van der Waals surface area contributed by atoms with Crippen LogP contribution in [0.15, 0.2) is 48.8 Å². The van der Waals surface area contributed by atoms with Crippen LogP contribution in [-0.2, 0) is 0 Å². The molecule has 4 nitrogen and oxygen atoms in total. The SMILES string of the molecule is O=C(NCC1(O)CCCC1)c1cccc(-n2cccc2)c1. The molecule has 0 spiro atoms. The van der Waals surface area contributed by atoms with Gasteiger partial charge in [0.1, 0.15) is 0 Å². The van der Waals surface area contributed by atoms with Gasteiger partial charge in [-0.25, -0.2) is 0 Å². The lowest BCUT2D eigenvalue weighted by Crippen LogP contribution is -2.40. The molecule has 0 atom stereocenters. The molecule has 21 heavy (non-hydrogen) atoms. The van der Waals surface area contributed by atoms with Crippen LogP contribution in [-0.4, -0.2) is 27.7 Å². The Morgan fingerprint density at radius 1 is 1.19 bits per heavy atom. The maximum Gasteiger partial charge on any atom is 0.251 e. The molecule has 1 aromatic carbocycles. The van der Waals surface area contributed by atoms with E-state index in [1.54, 1.807) is 6.07 Å². The van der Waals surface area contributed by atoms with Crippen LogP contribution >= 0.6 is 0 Å². The van der Waals surface area contributed by atoms with Crippen LogP contribution in [0, 0.1) is 0 Å². The molecule has 0 radical (unpaired) electrons. The van der Waals surface area contributed by atoms with Crippen molar-refractivity contribution in [2.75, 3.05) is 6.54 Å². The smallest absolute Gasteiger partial charge is 0.251 e. The number of amides is 1. The number of aromatic nitrogens is 1. The molecule has 1 saturated carbocycles. The highest BCUT2D eigenvalue weighted by Gasteiger charge is 2.31. The highest BCUT2D eigenvalue weighted by atomic mass is 16.3. The number of benzene rings is 1. The number of nitrogens with zero attached hydrogens (tertiary/aromatic N) is 1. The number of nitrogens with one attached hydrogen (secondary N) is 1. The van der Waals surface area contributed by atoms with E-state index in [1.165, 1.54) is 0 Å². The molecule has 1 amide bonds. The van der Waals surface area contributed by atoms with Crippen LogP contribution in [0.25, 0.3) is 5.69 Å². The van der Waals surface area contributed by atoms with Gasteiger partial charge >= 0.3 is 0 Å². The summed E-state index contributed by atoms with van der Waals surface area (Å²) in [5.74, 6) is -0.135. The van der Waals surface area contributed by atoms with Crippen molar-refractivity contribution in [2.24, 2.45) is 0 Å². The lowest BCUT2D eigenvalue weighted by molar-refractivity contribution is 0.0449. The zero-order chi connectivity index (χ0) is 14.7. The van der Waals surface area contributed by atoms with E-state index in [9.17, 15) is 9.90 Å². The van der Waals surface area contributed by atoms with Gasteiger partial charge in [-0.15, -0.1) is 0 Å². The van der Waals surface area contributed by atoms with Gasteiger partial charge < -0.3 is 15.0 Å². The number of hydrogen-bond donors (Lipinski definition) is 2. The minimum atomic E-state index is -0.715. The van der Waals surface area contributed by atoms with E-state index in [0.717, 1.165) is 31.4 Å². The first-order valence-electron chi connectivity index (χ1n) is 7.40. The van der Waals surface area contributed by atoms with Crippen molar-refractivity contribution in [1.29, 1.82) is 0 Å². The predicted octanol–water partition coefficient (Wildman–Crippen LogP) is 2.51. The average molecular weight is 284 g/mol. The molecule has 0 bridgehead atoms. The van der Waals surface area contributed by atoms with E-state index in [-0.39, 0.29) is 5.91 Å². The first-order valence-corrected chi connectivity index (χ1v) is 7.40. The third-order valence-electron chi connectivity index (χ3n) is 4.12. The third-order valence-corrected chi connectivity index (χ3v) is 4.12. The van der Waals surface area contributed by atoms with Gasteiger partial charge in [0, 0.05) is 30.2 Å². The summed E-state index contributed by atoms with van der Waals surface area (Å²) in [7, 11) is 0. The van der Waals surface area contributed by atoms with Gasteiger partial charge in [-0.2, -0.15) is 0 Å². The molecule has 0 saturated heterocycles. The fraction of sp³-hybridized carbons (Fsp3) is 0.353. The van der Waals surface area contributed by atoms with Crippen molar-refractivity contribution >= 4 is 5.91 Å². The van der Waals surface area contributed by atoms with Crippen LogP contribution in [0.5, 0.6) is 0 Å². The van der Waals surface area contributed by atoms with Crippen LogP contribution in [0.2, 0.25) is 0 Å². The molecule has 2 N–H and O–H groups in total. The Balaban J connectivity index is 1.69. The van der Waals surface area contributed by atoms with E-state index < -0.39 is 5.60 Å². The molecule has 3 rings (SSSR count). The summed E-state index contributed by atoms with van der Waals surface area (Å²) in [6.45, 7) is 0.333. The summed E-state index contributed by atoms with van der Waals surface area (Å²) in [4.78, 5) is 12.2. The number of rotatable bonds is 4. The monoisotopic (exact) mass is 284 g/mol. The lowest BCUT2D eigenvalue weighted by Gasteiger charge is -2.22. The molecule has 1 fully saturated rings. The molecule has 1 aliphatic carbocycles. The molecule has 110 valence electrons. The molecule has 1 aliphatic rings. The summed E-state index contributed by atoms with van der Waals surface area (Å²) in [6.07, 6.45) is 7.51. The predicted molar refractivity (Wildman–Crippen MR) is 81.5 cm³/mol. The molecular formula is C17H20N2O2. The quantitative estimate of drug-likeness (QED) is 0.906. The Morgan fingerprint density at radius 3 is 2.62 bits per heavy atom. The van der Waals surface area contributed by atoms with Crippen LogP contribution in [0.4, 0.5) is 0 Å². The topological polar surface area (TPSA) is 54.3 Å². The summed E-state index contributed by atoms with van der Waals surface area (Å²) in [5, 5.41) is 13.1. The van der Waals surface area contributed by atoms with Gasteiger partial charge in [0.25, 0.3) is 5.91 Å². The highest BCUT2D eigenvalue weighted by molar-refractivity contribution is 5.94. The van der Waals surface area contributed by atoms with Gasteiger partial charge in [0.2, 0.25) is 0 Å². The summed E-state index contributed by atoms with van der Waals surface area (Å²) in [5.41, 5.74) is 0.850. The number of aliphatic hydroxyl groups is 1. The Labute approximate surface area is 124 Å². The van der Waals surface area contributed by atoms with Crippen LogP contribution in [0.1, 0.15) is 36.0 Å². The number of hydrogen-bond acceptors (Lipinski definition) is 2. The van der Waals surface area contributed by atoms with Crippen molar-refractivity contribution in [3.63, 3.8) is 0 Å². The largest absolute Gasteiger partial charge is 0.388 e. The van der Waals surface area contributed by atoms with Crippen LogP contribution in [0.3, 0.4) is 0 Å². The molecule has 4 heteroatoms. The zero-order valence-electron chi connectivity index (χ0n) is 12.0. The Morgan fingerprint density at radius 2 is 1.90 bits per heavy atom. The molecule has 1 aromatic heterocycles. The second kappa shape index (κ2) is 5.74. The van der Waals surface area contributed by atoms with Crippen molar-refractivity contribution < 1.29 is 9.90 Å². The third kappa shape index (κ3) is 3.16. The van der Waals surface area contributed by atoms with Gasteiger partial charge in [-0.1, -0.05) is 18.9 Å². The Kier molecular flexibility index (Phi) is 3.80. The average Bonchev–Trinajstić information content (AvgIpc) is 3.17. The maximum absolute atomic E-state index is 12.2. The number of carbonyl (C=O) groups is 1. The first-order chi connectivity index (χ1) is 10.2. The van der Waals surface area contributed by atoms with Crippen molar-refractivity contribution in [3.05, 3.63) is 54.4 Å². The highest BCUT2D eigenvalue weighted by Crippen LogP contribution is 2.28. The van der Waals surface area contributed by atoms with Gasteiger partial charge in [-0.3, -0.25) is 4.79 Å². The van der Waals surface area contributed by atoms with Crippen molar-refractivity contribution in [1.82, 2.24) is 9.88 Å². The van der Waals surface area contributed by atoms with E-state index in [2.05, 4.69) is 5.32 Å². The Bertz CT molecular complexity index is 613. The normalized spacial score (nSPS) is 16.8. The summed E-state index contributed by atoms with van der Waals surface area (Å²) in [6, 6.07) is 11.4. The van der Waals surface area contributed by atoms with E-state index in [0.29, 0.717) is 12.1 Å². The van der Waals surface area contributed by atoms with Crippen molar-refractivity contribution in [3.8, 4) is 5.69 Å². The van der Waals surface area contributed by atoms with E-state index >= 15 is 0 Å². The fourth-order valence-electron chi connectivity index (χ4n) is 2.87. The summed E-state index contributed by atoms with van der Waals surface area (Å²) < 4.78 is 1.96. The zero-order valence-corrected chi connectivity index (χ0v) is 12.0. The second-order valence-electron chi connectivity index (χ2n) is 5.75. The van der Waals surface area contributed by atoms with Crippen molar-refractivity contribution in [2.45, 2.75) is 31.3 Å². The Hall–Kier alpha value is -2.07. The molecule has 1 heterocycles. The standard InChI is InChI=1S/C17H20N2O2/c20-16(18-13-17(21)8-1-2-9-17)14-6-5-7-15(12-14)19-10-3-4-11-19/h3-7,10-12,21H,1-2,8-9,13H2,(H,18,20). The molecular weight excluding hydrogens is 264 g/mol. The molecule has 2 aromatic rings. The van der Waals surface area contributed by atoms with E-state index in [4.69, 9.17) is 0 Å². The first kappa shape index (κ1) is 13.9. The fourth-order valence-corrected chi connectivity index (χ4v) is 2.87. The minimum Gasteiger partial charge on any atom is -0.388 e. The van der Waals surface area contributed by atoms with Gasteiger partial charge in [-0.05, 0) is 43.2 Å². The molecule has 0 unspecified atom stereocenters. The summed E-state index contributed by atoms with van der Waals surface area (Å²) >= 11 is 0.